The van der Waals surface area contributed by atoms with Gasteiger partial charge in [-0.1, -0.05) is 18.7 Å². The SMILES string of the molecule is C=C(Nc1c(C=N)nc(Nc2ccccc2F)n1C(C)C)NC1CCN(C)CC1. The number of halogens is 1. The lowest BCUT2D eigenvalue weighted by atomic mass is 10.1. The van der Waals surface area contributed by atoms with Crippen LogP contribution in [0.15, 0.2) is 36.7 Å². The summed E-state index contributed by atoms with van der Waals surface area (Å²) in [5.74, 6) is 1.43. The van der Waals surface area contributed by atoms with Crippen molar-refractivity contribution in [2.75, 3.05) is 30.8 Å². The number of rotatable bonds is 8. The Bertz CT molecular complexity index is 866. The third kappa shape index (κ3) is 4.95. The molecule has 0 bridgehead atoms. The number of hydrogen-bond donors (Lipinski definition) is 4. The lowest BCUT2D eigenvalue weighted by Crippen LogP contribution is -2.41. The Morgan fingerprint density at radius 1 is 1.31 bits per heavy atom. The molecule has 0 amide bonds. The molecule has 1 fully saturated rings. The average Bonchev–Trinajstić information content (AvgIpc) is 3.02. The molecule has 29 heavy (non-hydrogen) atoms. The summed E-state index contributed by atoms with van der Waals surface area (Å²) >= 11 is 0. The first-order valence-electron chi connectivity index (χ1n) is 9.94. The fourth-order valence-electron chi connectivity index (χ4n) is 3.53. The molecule has 0 spiro atoms. The second kappa shape index (κ2) is 9.09. The Balaban J connectivity index is 1.82. The van der Waals surface area contributed by atoms with Gasteiger partial charge in [-0.2, -0.15) is 0 Å². The van der Waals surface area contributed by atoms with Crippen molar-refractivity contribution in [2.24, 2.45) is 0 Å². The fourth-order valence-corrected chi connectivity index (χ4v) is 3.53. The maximum Gasteiger partial charge on any atom is 0.209 e. The number of piperidine rings is 1. The lowest BCUT2D eigenvalue weighted by molar-refractivity contribution is 0.242. The van der Waals surface area contributed by atoms with Gasteiger partial charge in [0.05, 0.1) is 11.5 Å². The van der Waals surface area contributed by atoms with Gasteiger partial charge in [0.1, 0.15) is 17.3 Å². The van der Waals surface area contributed by atoms with Crippen molar-refractivity contribution in [2.45, 2.75) is 38.8 Å². The summed E-state index contributed by atoms with van der Waals surface area (Å²) in [7, 11) is 2.13. The Morgan fingerprint density at radius 2 is 2.00 bits per heavy atom. The van der Waals surface area contributed by atoms with E-state index in [-0.39, 0.29) is 11.9 Å². The molecule has 3 rings (SSSR count). The second-order valence-corrected chi connectivity index (χ2v) is 7.71. The first kappa shape index (κ1) is 20.9. The van der Waals surface area contributed by atoms with Crippen LogP contribution in [0.5, 0.6) is 0 Å². The van der Waals surface area contributed by atoms with Crippen LogP contribution in [0.3, 0.4) is 0 Å². The van der Waals surface area contributed by atoms with Crippen molar-refractivity contribution in [1.82, 2.24) is 19.8 Å². The van der Waals surface area contributed by atoms with Crippen LogP contribution >= 0.6 is 0 Å². The van der Waals surface area contributed by atoms with Gasteiger partial charge in [0.15, 0.2) is 0 Å². The molecule has 4 N–H and O–H groups in total. The van der Waals surface area contributed by atoms with E-state index in [0.29, 0.717) is 35.0 Å². The van der Waals surface area contributed by atoms with Crippen LogP contribution in [0.2, 0.25) is 0 Å². The average molecular weight is 400 g/mol. The molecule has 1 saturated heterocycles. The summed E-state index contributed by atoms with van der Waals surface area (Å²) in [5, 5.41) is 17.6. The zero-order chi connectivity index (χ0) is 21.0. The van der Waals surface area contributed by atoms with E-state index in [0.717, 1.165) is 25.9 Å². The predicted octanol–water partition coefficient (Wildman–Crippen LogP) is 3.91. The molecule has 2 heterocycles. The highest BCUT2D eigenvalue weighted by atomic mass is 19.1. The van der Waals surface area contributed by atoms with E-state index in [2.05, 4.69) is 39.5 Å². The number of nitrogens with zero attached hydrogens (tertiary/aromatic N) is 3. The number of aromatic nitrogens is 2. The number of benzene rings is 1. The molecule has 8 heteroatoms. The summed E-state index contributed by atoms with van der Waals surface area (Å²) in [4.78, 5) is 6.82. The number of nitrogens with one attached hydrogen (secondary N) is 4. The third-order valence-corrected chi connectivity index (χ3v) is 5.08. The molecule has 0 atom stereocenters. The molecule has 1 aliphatic heterocycles. The second-order valence-electron chi connectivity index (χ2n) is 7.71. The number of anilines is 3. The molecule has 0 unspecified atom stereocenters. The summed E-state index contributed by atoms with van der Waals surface area (Å²) < 4.78 is 16.0. The van der Waals surface area contributed by atoms with E-state index in [1.165, 1.54) is 12.3 Å². The zero-order valence-electron chi connectivity index (χ0n) is 17.3. The number of para-hydroxylation sites is 1. The summed E-state index contributed by atoms with van der Waals surface area (Å²) in [6.07, 6.45) is 3.30. The highest BCUT2D eigenvalue weighted by molar-refractivity contribution is 5.84. The van der Waals surface area contributed by atoms with E-state index in [4.69, 9.17) is 5.41 Å². The van der Waals surface area contributed by atoms with E-state index in [1.54, 1.807) is 18.2 Å². The van der Waals surface area contributed by atoms with E-state index in [9.17, 15) is 4.39 Å². The van der Waals surface area contributed by atoms with Crippen molar-refractivity contribution < 1.29 is 4.39 Å². The molecule has 156 valence electrons. The molecule has 1 aromatic carbocycles. The Labute approximate surface area is 171 Å². The van der Waals surface area contributed by atoms with Gasteiger partial charge < -0.3 is 26.3 Å². The van der Waals surface area contributed by atoms with E-state index >= 15 is 0 Å². The quantitative estimate of drug-likeness (QED) is 0.506. The molecule has 0 aliphatic carbocycles. The van der Waals surface area contributed by atoms with E-state index in [1.807, 2.05) is 18.4 Å². The standard InChI is InChI=1S/C21H30FN7/c1-14(2)29-20(25-15(3)24-16-9-11-28(4)12-10-16)19(13-23)27-21(29)26-18-8-6-5-7-17(18)22/h5-8,13-14,16,23-25H,3,9-12H2,1-2,4H3,(H,26,27). The fraction of sp³-hybridized carbons (Fsp3) is 0.429. The van der Waals surface area contributed by atoms with Gasteiger partial charge in [-0.15, -0.1) is 0 Å². The van der Waals surface area contributed by atoms with Gasteiger partial charge in [-0.25, -0.2) is 9.37 Å². The van der Waals surface area contributed by atoms with Crippen LogP contribution in [0.4, 0.5) is 21.8 Å². The molecule has 0 radical (unpaired) electrons. The molecular weight excluding hydrogens is 369 g/mol. The van der Waals surface area contributed by atoms with Crippen molar-refractivity contribution in [3.63, 3.8) is 0 Å². The van der Waals surface area contributed by atoms with Gasteiger partial charge in [-0.05, 0) is 59.0 Å². The van der Waals surface area contributed by atoms with Gasteiger partial charge in [0, 0.05) is 18.3 Å². The predicted molar refractivity (Wildman–Crippen MR) is 117 cm³/mol. The van der Waals surface area contributed by atoms with Gasteiger partial charge in [0.25, 0.3) is 0 Å². The molecule has 0 saturated carbocycles. The minimum atomic E-state index is -0.356. The minimum absolute atomic E-state index is 0.0316. The Morgan fingerprint density at radius 3 is 2.62 bits per heavy atom. The summed E-state index contributed by atoms with van der Waals surface area (Å²) in [5.41, 5.74) is 0.801. The van der Waals surface area contributed by atoms with Crippen molar-refractivity contribution >= 4 is 23.7 Å². The van der Waals surface area contributed by atoms with Crippen molar-refractivity contribution in [1.29, 1.82) is 5.41 Å². The van der Waals surface area contributed by atoms with Crippen molar-refractivity contribution in [3.8, 4) is 0 Å². The monoisotopic (exact) mass is 399 g/mol. The largest absolute Gasteiger partial charge is 0.369 e. The summed E-state index contributed by atoms with van der Waals surface area (Å²) in [6, 6.07) is 6.86. The normalized spacial score (nSPS) is 15.3. The molecular formula is C21H30FN7. The first-order chi connectivity index (χ1) is 13.9. The Kier molecular flexibility index (Phi) is 6.53. The Hall–Kier alpha value is -2.87. The molecule has 2 aromatic rings. The van der Waals surface area contributed by atoms with Crippen LogP contribution in [0.25, 0.3) is 0 Å². The molecule has 7 nitrogen and oxygen atoms in total. The van der Waals surface area contributed by atoms with Crippen LogP contribution in [0.1, 0.15) is 38.4 Å². The van der Waals surface area contributed by atoms with E-state index < -0.39 is 0 Å². The molecule has 1 aliphatic rings. The summed E-state index contributed by atoms with van der Waals surface area (Å²) in [6.45, 7) is 10.2. The number of likely N-dealkylation sites (tertiary alicyclic amines) is 1. The first-order valence-corrected chi connectivity index (χ1v) is 9.94. The van der Waals surface area contributed by atoms with Gasteiger partial charge in [-0.3, -0.25) is 4.57 Å². The maximum atomic E-state index is 14.1. The van der Waals surface area contributed by atoms with Gasteiger partial charge >= 0.3 is 0 Å². The van der Waals surface area contributed by atoms with Crippen LogP contribution < -0.4 is 16.0 Å². The molecule has 1 aromatic heterocycles. The zero-order valence-corrected chi connectivity index (χ0v) is 17.3. The maximum absolute atomic E-state index is 14.1. The van der Waals surface area contributed by atoms with Crippen LogP contribution in [-0.4, -0.2) is 46.8 Å². The van der Waals surface area contributed by atoms with Crippen LogP contribution in [0, 0.1) is 11.2 Å². The lowest BCUT2D eigenvalue weighted by Gasteiger charge is -2.31. The minimum Gasteiger partial charge on any atom is -0.369 e. The smallest absolute Gasteiger partial charge is 0.209 e. The van der Waals surface area contributed by atoms with Gasteiger partial charge in [0.2, 0.25) is 5.95 Å². The topological polar surface area (TPSA) is 81.0 Å². The van der Waals surface area contributed by atoms with Crippen molar-refractivity contribution in [3.05, 3.63) is 48.2 Å². The highest BCUT2D eigenvalue weighted by Crippen LogP contribution is 2.29. The van der Waals surface area contributed by atoms with Crippen LogP contribution in [-0.2, 0) is 0 Å². The number of hydrogen-bond acceptors (Lipinski definition) is 6. The highest BCUT2D eigenvalue weighted by Gasteiger charge is 2.21. The third-order valence-electron chi connectivity index (χ3n) is 5.08. The number of imidazole rings is 1.